The summed E-state index contributed by atoms with van der Waals surface area (Å²) in [6.07, 6.45) is -3.13. The lowest BCUT2D eigenvalue weighted by Crippen LogP contribution is -2.49. The van der Waals surface area contributed by atoms with Crippen LogP contribution in [0.5, 0.6) is 0 Å². The maximum Gasteiger partial charge on any atom is 0.416 e. The molecule has 0 spiro atoms. The third-order valence-corrected chi connectivity index (χ3v) is 5.11. The maximum atomic E-state index is 12.9. The second-order valence-electron chi connectivity index (χ2n) is 6.75. The average molecular weight is 327 g/mol. The molecule has 0 aromatic heterocycles. The second-order valence-corrected chi connectivity index (χ2v) is 6.75. The van der Waals surface area contributed by atoms with Gasteiger partial charge in [-0.05, 0) is 36.8 Å². The highest BCUT2D eigenvalue weighted by atomic mass is 19.4. The fourth-order valence-electron chi connectivity index (χ4n) is 3.28. The molecule has 2 unspecified atom stereocenters. The molecule has 3 rings (SSSR count). The van der Waals surface area contributed by atoms with Gasteiger partial charge >= 0.3 is 6.18 Å². The summed E-state index contributed by atoms with van der Waals surface area (Å²) < 4.78 is 38.7. The molecule has 1 N–H and O–H groups in total. The van der Waals surface area contributed by atoms with Crippen molar-refractivity contribution in [3.8, 4) is 0 Å². The normalized spacial score (nSPS) is 26.9. The number of rotatable bonds is 2. The van der Waals surface area contributed by atoms with Crippen molar-refractivity contribution in [2.24, 2.45) is 5.92 Å². The van der Waals surface area contributed by atoms with E-state index in [-0.39, 0.29) is 18.4 Å². The number of carbonyl (C=O) groups is 1. The van der Waals surface area contributed by atoms with E-state index in [2.05, 4.69) is 0 Å². The van der Waals surface area contributed by atoms with Crippen LogP contribution in [0.1, 0.15) is 37.3 Å². The third kappa shape index (κ3) is 2.96. The number of hydrogen-bond acceptors (Lipinski definition) is 2. The lowest BCUT2D eigenvalue weighted by Gasteiger charge is -2.36. The molecule has 3 nitrogen and oxygen atoms in total. The average Bonchev–Trinajstić information content (AvgIpc) is 3.30. The Labute approximate surface area is 133 Å². The Hall–Kier alpha value is -1.56. The molecule has 1 aliphatic heterocycles. The summed E-state index contributed by atoms with van der Waals surface area (Å²) in [5.74, 6) is -0.00876. The van der Waals surface area contributed by atoms with Gasteiger partial charge < -0.3 is 10.0 Å². The SMILES string of the molecule is CC1CCN(C(=O)C2(c3cccc(C(F)(F)F)c3)CC2)CC1O. The molecule has 1 heterocycles. The zero-order valence-electron chi connectivity index (χ0n) is 12.9. The third-order valence-electron chi connectivity index (χ3n) is 5.11. The van der Waals surface area contributed by atoms with Crippen molar-refractivity contribution in [3.63, 3.8) is 0 Å². The van der Waals surface area contributed by atoms with Crippen molar-refractivity contribution < 1.29 is 23.1 Å². The molecule has 1 aliphatic carbocycles. The van der Waals surface area contributed by atoms with Crippen LogP contribution in [0, 0.1) is 5.92 Å². The number of amides is 1. The van der Waals surface area contributed by atoms with E-state index < -0.39 is 23.3 Å². The van der Waals surface area contributed by atoms with Crippen molar-refractivity contribution >= 4 is 5.91 Å². The molecule has 2 fully saturated rings. The smallest absolute Gasteiger partial charge is 0.391 e. The number of halogens is 3. The number of β-amino-alcohol motifs (C(OH)–C–C–N with tert-alkyl or cyclic N) is 1. The summed E-state index contributed by atoms with van der Waals surface area (Å²) in [5.41, 5.74) is -1.12. The van der Waals surface area contributed by atoms with Gasteiger partial charge in [-0.2, -0.15) is 13.2 Å². The summed E-state index contributed by atoms with van der Waals surface area (Å²) in [4.78, 5) is 14.4. The van der Waals surface area contributed by atoms with Gasteiger partial charge in [0, 0.05) is 13.1 Å². The maximum absolute atomic E-state index is 12.9. The topological polar surface area (TPSA) is 40.5 Å². The number of piperidine rings is 1. The predicted octanol–water partition coefficient (Wildman–Crippen LogP) is 2.97. The summed E-state index contributed by atoms with van der Waals surface area (Å²) in [6, 6.07) is 5.08. The monoisotopic (exact) mass is 327 g/mol. The first-order valence-corrected chi connectivity index (χ1v) is 7.89. The summed E-state index contributed by atoms with van der Waals surface area (Å²) in [6.45, 7) is 2.75. The standard InChI is InChI=1S/C17H20F3NO2/c1-11-5-8-21(10-14(11)22)15(23)16(6-7-16)12-3-2-4-13(9-12)17(18,19)20/h2-4,9,11,14,22H,5-8,10H2,1H3. The van der Waals surface area contributed by atoms with Gasteiger partial charge in [-0.1, -0.05) is 25.1 Å². The molecule has 23 heavy (non-hydrogen) atoms. The van der Waals surface area contributed by atoms with Crippen molar-refractivity contribution in [3.05, 3.63) is 35.4 Å². The molecule has 1 aromatic rings. The number of aliphatic hydroxyl groups is 1. The number of alkyl halides is 3. The van der Waals surface area contributed by atoms with Gasteiger partial charge in [0.25, 0.3) is 0 Å². The van der Waals surface area contributed by atoms with E-state index in [1.807, 2.05) is 6.92 Å². The van der Waals surface area contributed by atoms with E-state index in [1.54, 1.807) is 11.0 Å². The minimum atomic E-state index is -4.41. The van der Waals surface area contributed by atoms with Crippen molar-refractivity contribution in [2.45, 2.75) is 43.9 Å². The van der Waals surface area contributed by atoms with Gasteiger partial charge in [-0.15, -0.1) is 0 Å². The van der Waals surface area contributed by atoms with Gasteiger partial charge in [0.05, 0.1) is 17.1 Å². The lowest BCUT2D eigenvalue weighted by atomic mass is 9.90. The highest BCUT2D eigenvalue weighted by molar-refractivity contribution is 5.91. The van der Waals surface area contributed by atoms with Gasteiger partial charge in [0.2, 0.25) is 5.91 Å². The molecule has 2 aliphatic rings. The Morgan fingerprint density at radius 2 is 2.04 bits per heavy atom. The van der Waals surface area contributed by atoms with Crippen LogP contribution in [0.4, 0.5) is 13.2 Å². The number of aliphatic hydroxyl groups excluding tert-OH is 1. The lowest BCUT2D eigenvalue weighted by molar-refractivity contribution is -0.139. The minimum absolute atomic E-state index is 0.141. The van der Waals surface area contributed by atoms with Crippen LogP contribution in [-0.4, -0.2) is 35.1 Å². The number of hydrogen-bond donors (Lipinski definition) is 1. The zero-order valence-corrected chi connectivity index (χ0v) is 12.9. The van der Waals surface area contributed by atoms with E-state index in [0.717, 1.165) is 12.1 Å². The molecule has 6 heteroatoms. The summed E-state index contributed by atoms with van der Waals surface area (Å²) >= 11 is 0. The molecule has 1 amide bonds. The highest BCUT2D eigenvalue weighted by Gasteiger charge is 2.54. The molecule has 0 bridgehead atoms. The highest BCUT2D eigenvalue weighted by Crippen LogP contribution is 2.50. The Kier molecular flexibility index (Phi) is 3.91. The first-order chi connectivity index (χ1) is 10.7. The number of nitrogens with zero attached hydrogens (tertiary/aromatic N) is 1. The van der Waals surface area contributed by atoms with E-state index in [0.29, 0.717) is 31.4 Å². The van der Waals surface area contributed by atoms with Crippen LogP contribution in [0.2, 0.25) is 0 Å². The Morgan fingerprint density at radius 3 is 2.61 bits per heavy atom. The number of benzene rings is 1. The second kappa shape index (κ2) is 5.51. The van der Waals surface area contributed by atoms with Crippen LogP contribution in [-0.2, 0) is 16.4 Å². The molecule has 126 valence electrons. The van der Waals surface area contributed by atoms with E-state index >= 15 is 0 Å². The van der Waals surface area contributed by atoms with Crippen LogP contribution in [0.25, 0.3) is 0 Å². The molecule has 1 aromatic carbocycles. The van der Waals surface area contributed by atoms with Crippen LogP contribution >= 0.6 is 0 Å². The van der Waals surface area contributed by atoms with Crippen LogP contribution in [0.3, 0.4) is 0 Å². The van der Waals surface area contributed by atoms with Crippen molar-refractivity contribution in [1.82, 2.24) is 4.90 Å². The van der Waals surface area contributed by atoms with E-state index in [1.165, 1.54) is 6.07 Å². The molecule has 2 atom stereocenters. The molecule has 1 saturated heterocycles. The molecular formula is C17H20F3NO2. The fraction of sp³-hybridized carbons (Fsp3) is 0.588. The Bertz CT molecular complexity index is 610. The largest absolute Gasteiger partial charge is 0.416 e. The zero-order chi connectivity index (χ0) is 16.8. The quantitative estimate of drug-likeness (QED) is 0.907. The van der Waals surface area contributed by atoms with Crippen molar-refractivity contribution in [1.29, 1.82) is 0 Å². The molecule has 0 radical (unpaired) electrons. The first kappa shape index (κ1) is 16.3. The summed E-state index contributed by atoms with van der Waals surface area (Å²) in [5, 5.41) is 9.96. The Morgan fingerprint density at radius 1 is 1.35 bits per heavy atom. The van der Waals surface area contributed by atoms with E-state index in [9.17, 15) is 23.1 Å². The molecule has 1 saturated carbocycles. The first-order valence-electron chi connectivity index (χ1n) is 7.89. The number of likely N-dealkylation sites (tertiary alicyclic amines) is 1. The fourth-order valence-corrected chi connectivity index (χ4v) is 3.28. The van der Waals surface area contributed by atoms with Gasteiger partial charge in [-0.3, -0.25) is 4.79 Å². The van der Waals surface area contributed by atoms with Crippen LogP contribution in [0.15, 0.2) is 24.3 Å². The van der Waals surface area contributed by atoms with Gasteiger partial charge in [-0.25, -0.2) is 0 Å². The van der Waals surface area contributed by atoms with E-state index in [4.69, 9.17) is 0 Å². The van der Waals surface area contributed by atoms with Crippen LogP contribution < -0.4 is 0 Å². The summed E-state index contributed by atoms with van der Waals surface area (Å²) in [7, 11) is 0. The molecular weight excluding hydrogens is 307 g/mol. The predicted molar refractivity (Wildman–Crippen MR) is 78.7 cm³/mol. The number of carbonyl (C=O) groups excluding carboxylic acids is 1. The van der Waals surface area contributed by atoms with Gasteiger partial charge in [0.15, 0.2) is 0 Å². The Balaban J connectivity index is 1.84. The van der Waals surface area contributed by atoms with Gasteiger partial charge in [0.1, 0.15) is 0 Å². The van der Waals surface area contributed by atoms with Crippen molar-refractivity contribution in [2.75, 3.05) is 13.1 Å². The minimum Gasteiger partial charge on any atom is -0.391 e.